The molecular formula is C14H15ClN2S. The highest BCUT2D eigenvalue weighted by Crippen LogP contribution is 2.28. The fraction of sp³-hybridized carbons (Fsp3) is 0.286. The Morgan fingerprint density at radius 1 is 1.39 bits per heavy atom. The highest BCUT2D eigenvalue weighted by atomic mass is 35.5. The summed E-state index contributed by atoms with van der Waals surface area (Å²) in [4.78, 5) is 5.07. The van der Waals surface area contributed by atoms with E-state index >= 15 is 0 Å². The predicted molar refractivity (Wildman–Crippen MR) is 81.5 cm³/mol. The molecule has 0 aliphatic carbocycles. The van der Waals surface area contributed by atoms with Gasteiger partial charge in [0, 0.05) is 21.7 Å². The summed E-state index contributed by atoms with van der Waals surface area (Å²) in [6.07, 6.45) is 0. The molecule has 1 aromatic heterocycles. The Balaban J connectivity index is 2.90. The van der Waals surface area contributed by atoms with Crippen molar-refractivity contribution in [1.29, 1.82) is 0 Å². The highest BCUT2D eigenvalue weighted by molar-refractivity contribution is 7.80. The standard InChI is InChI=1S/C14H15ClN2S/c1-7(2)12-6-10(14(16)18)9-4-5-11(15)8(3)13(9)17-12/h4-7H,1-3H3,(H2,16,18). The lowest BCUT2D eigenvalue weighted by molar-refractivity contribution is 0.829. The van der Waals surface area contributed by atoms with Gasteiger partial charge >= 0.3 is 0 Å². The monoisotopic (exact) mass is 278 g/mol. The van der Waals surface area contributed by atoms with Gasteiger partial charge in [0.15, 0.2) is 0 Å². The van der Waals surface area contributed by atoms with Crippen molar-refractivity contribution < 1.29 is 0 Å². The molecule has 2 N–H and O–H groups in total. The van der Waals surface area contributed by atoms with Gasteiger partial charge in [0.05, 0.1) is 5.52 Å². The molecule has 0 spiro atoms. The van der Waals surface area contributed by atoms with Gasteiger partial charge in [0.1, 0.15) is 4.99 Å². The van der Waals surface area contributed by atoms with Crippen molar-refractivity contribution in [3.05, 3.63) is 40.0 Å². The number of aryl methyl sites for hydroxylation is 1. The molecule has 0 bridgehead atoms. The predicted octanol–water partition coefficient (Wildman–Crippen LogP) is 3.95. The summed E-state index contributed by atoms with van der Waals surface area (Å²) in [5.74, 6) is 0.320. The van der Waals surface area contributed by atoms with Gasteiger partial charge in [-0.2, -0.15) is 0 Å². The van der Waals surface area contributed by atoms with E-state index in [0.29, 0.717) is 15.9 Å². The number of pyridine rings is 1. The molecule has 0 unspecified atom stereocenters. The van der Waals surface area contributed by atoms with Crippen LogP contribution in [0, 0.1) is 6.92 Å². The maximum atomic E-state index is 6.15. The quantitative estimate of drug-likeness (QED) is 0.845. The number of aromatic nitrogens is 1. The Kier molecular flexibility index (Phi) is 3.55. The van der Waals surface area contributed by atoms with Crippen LogP contribution in [-0.4, -0.2) is 9.97 Å². The van der Waals surface area contributed by atoms with E-state index in [1.165, 1.54) is 0 Å². The molecule has 0 saturated carbocycles. The lowest BCUT2D eigenvalue weighted by atomic mass is 10.0. The van der Waals surface area contributed by atoms with Crippen molar-refractivity contribution in [3.63, 3.8) is 0 Å². The first-order valence-corrected chi connectivity index (χ1v) is 6.60. The first-order valence-electron chi connectivity index (χ1n) is 5.81. The summed E-state index contributed by atoms with van der Waals surface area (Å²) in [5, 5.41) is 1.68. The molecule has 18 heavy (non-hydrogen) atoms. The van der Waals surface area contributed by atoms with Crippen LogP contribution in [0.4, 0.5) is 0 Å². The molecule has 0 fully saturated rings. The van der Waals surface area contributed by atoms with E-state index in [2.05, 4.69) is 18.8 Å². The lowest BCUT2D eigenvalue weighted by Gasteiger charge is -2.13. The molecule has 0 atom stereocenters. The number of hydrogen-bond donors (Lipinski definition) is 1. The molecule has 1 aromatic carbocycles. The minimum absolute atomic E-state index is 0.320. The first kappa shape index (κ1) is 13.2. The lowest BCUT2D eigenvalue weighted by Crippen LogP contribution is -2.12. The van der Waals surface area contributed by atoms with E-state index < -0.39 is 0 Å². The Bertz CT molecular complexity index is 635. The fourth-order valence-corrected chi connectivity index (χ4v) is 2.24. The van der Waals surface area contributed by atoms with Crippen molar-refractivity contribution in [1.82, 2.24) is 4.98 Å². The van der Waals surface area contributed by atoms with Gasteiger partial charge < -0.3 is 5.73 Å². The molecular weight excluding hydrogens is 264 g/mol. The second-order valence-corrected chi connectivity index (χ2v) is 5.53. The Labute approximate surface area is 117 Å². The molecule has 2 rings (SSSR count). The second kappa shape index (κ2) is 4.82. The third kappa shape index (κ3) is 2.20. The zero-order valence-electron chi connectivity index (χ0n) is 10.6. The summed E-state index contributed by atoms with van der Waals surface area (Å²) in [5.41, 5.74) is 9.52. The molecule has 0 aliphatic rings. The topological polar surface area (TPSA) is 38.9 Å². The fourth-order valence-electron chi connectivity index (χ4n) is 1.92. The van der Waals surface area contributed by atoms with Crippen LogP contribution in [0.3, 0.4) is 0 Å². The maximum Gasteiger partial charge on any atom is 0.104 e. The van der Waals surface area contributed by atoms with Gasteiger partial charge in [-0.1, -0.05) is 43.7 Å². The smallest absolute Gasteiger partial charge is 0.104 e. The molecule has 2 nitrogen and oxygen atoms in total. The minimum atomic E-state index is 0.320. The molecule has 0 amide bonds. The van der Waals surface area contributed by atoms with Crippen LogP contribution in [0.2, 0.25) is 5.02 Å². The van der Waals surface area contributed by atoms with Crippen LogP contribution < -0.4 is 5.73 Å². The highest BCUT2D eigenvalue weighted by Gasteiger charge is 2.13. The van der Waals surface area contributed by atoms with Crippen LogP contribution in [0.1, 0.15) is 36.6 Å². The number of nitrogens with zero attached hydrogens (tertiary/aromatic N) is 1. The van der Waals surface area contributed by atoms with Gasteiger partial charge in [-0.25, -0.2) is 0 Å². The average molecular weight is 279 g/mol. The number of thiocarbonyl (C=S) groups is 1. The van der Waals surface area contributed by atoms with E-state index in [1.54, 1.807) is 0 Å². The molecule has 0 saturated heterocycles. The average Bonchev–Trinajstić information content (AvgIpc) is 2.32. The van der Waals surface area contributed by atoms with Crippen LogP contribution in [-0.2, 0) is 0 Å². The number of hydrogen-bond acceptors (Lipinski definition) is 2. The molecule has 94 valence electrons. The normalized spacial score (nSPS) is 11.2. The number of fused-ring (bicyclic) bond motifs is 1. The zero-order chi connectivity index (χ0) is 13.4. The third-order valence-electron chi connectivity index (χ3n) is 3.05. The van der Waals surface area contributed by atoms with Gasteiger partial charge in [-0.3, -0.25) is 4.98 Å². The maximum absolute atomic E-state index is 6.15. The van der Waals surface area contributed by atoms with Crippen LogP contribution in [0.5, 0.6) is 0 Å². The summed E-state index contributed by atoms with van der Waals surface area (Å²) < 4.78 is 0. The zero-order valence-corrected chi connectivity index (χ0v) is 12.2. The number of halogens is 1. The van der Waals surface area contributed by atoms with Crippen LogP contribution in [0.25, 0.3) is 10.9 Å². The van der Waals surface area contributed by atoms with Crippen molar-refractivity contribution >= 4 is 39.7 Å². The second-order valence-electron chi connectivity index (χ2n) is 4.68. The van der Waals surface area contributed by atoms with E-state index in [0.717, 1.165) is 27.7 Å². The van der Waals surface area contributed by atoms with Gasteiger partial charge in [0.2, 0.25) is 0 Å². The van der Waals surface area contributed by atoms with Crippen LogP contribution >= 0.6 is 23.8 Å². The van der Waals surface area contributed by atoms with Crippen molar-refractivity contribution in [3.8, 4) is 0 Å². The molecule has 4 heteroatoms. The Hall–Kier alpha value is -1.19. The Morgan fingerprint density at radius 3 is 2.61 bits per heavy atom. The van der Waals surface area contributed by atoms with E-state index in [1.807, 2.05) is 25.1 Å². The van der Waals surface area contributed by atoms with Gasteiger partial charge in [-0.15, -0.1) is 0 Å². The van der Waals surface area contributed by atoms with Gasteiger partial charge in [-0.05, 0) is 30.5 Å². The van der Waals surface area contributed by atoms with Crippen molar-refractivity contribution in [2.75, 3.05) is 0 Å². The van der Waals surface area contributed by atoms with Crippen molar-refractivity contribution in [2.45, 2.75) is 26.7 Å². The van der Waals surface area contributed by atoms with Crippen molar-refractivity contribution in [2.24, 2.45) is 5.73 Å². The molecule has 1 heterocycles. The Morgan fingerprint density at radius 2 is 2.06 bits per heavy atom. The SMILES string of the molecule is Cc1c(Cl)ccc2c(C(N)=S)cc(C(C)C)nc12. The molecule has 0 aliphatic heterocycles. The number of rotatable bonds is 2. The van der Waals surface area contributed by atoms with E-state index in [4.69, 9.17) is 29.6 Å². The summed E-state index contributed by atoms with van der Waals surface area (Å²) >= 11 is 11.3. The summed E-state index contributed by atoms with van der Waals surface area (Å²) in [6.45, 7) is 6.15. The largest absolute Gasteiger partial charge is 0.389 e. The van der Waals surface area contributed by atoms with Gasteiger partial charge in [0.25, 0.3) is 0 Å². The molecule has 0 radical (unpaired) electrons. The third-order valence-corrected chi connectivity index (χ3v) is 3.67. The number of nitrogens with two attached hydrogens (primary N) is 1. The van der Waals surface area contributed by atoms with E-state index in [9.17, 15) is 0 Å². The summed E-state index contributed by atoms with van der Waals surface area (Å²) in [7, 11) is 0. The summed E-state index contributed by atoms with van der Waals surface area (Å²) in [6, 6.07) is 5.76. The molecule has 2 aromatic rings. The first-order chi connectivity index (χ1) is 8.41. The van der Waals surface area contributed by atoms with Crippen LogP contribution in [0.15, 0.2) is 18.2 Å². The number of benzene rings is 1. The van der Waals surface area contributed by atoms with E-state index in [-0.39, 0.29) is 0 Å². The minimum Gasteiger partial charge on any atom is -0.389 e.